The van der Waals surface area contributed by atoms with Crippen molar-refractivity contribution in [1.29, 1.82) is 0 Å². The lowest BCUT2D eigenvalue weighted by Gasteiger charge is -2.29. The van der Waals surface area contributed by atoms with Crippen molar-refractivity contribution in [3.8, 4) is 0 Å². The number of fused-ring (bicyclic) bond motifs is 1. The van der Waals surface area contributed by atoms with Crippen molar-refractivity contribution in [2.45, 2.75) is 33.2 Å². The normalized spacial score (nSPS) is 17.5. The number of carbonyl (C=O) groups excluding carboxylic acids is 1. The summed E-state index contributed by atoms with van der Waals surface area (Å²) in [4.78, 5) is 25.6. The number of amides is 1. The van der Waals surface area contributed by atoms with Crippen molar-refractivity contribution in [3.63, 3.8) is 0 Å². The molecule has 2 heterocycles. The maximum atomic E-state index is 12.4. The van der Waals surface area contributed by atoms with Gasteiger partial charge in [-0.2, -0.15) is 0 Å². The van der Waals surface area contributed by atoms with Crippen LogP contribution < -0.4 is 4.90 Å². The molecule has 7 heteroatoms. The first kappa shape index (κ1) is 18.2. The van der Waals surface area contributed by atoms with E-state index < -0.39 is 0 Å². The number of hydrogen-bond donors (Lipinski definition) is 0. The predicted octanol–water partition coefficient (Wildman–Crippen LogP) is 4.02. The lowest BCUT2D eigenvalue weighted by atomic mass is 10.1. The standard InChI is InChI=1S/C18H22Cl2N4O/c1-4-24(18(25)11(2)3)13-7-8-23(10-13)17-16(20)21-15-9-12(19)5-6-14(15)22-17/h5-6,9,11,13H,4,7-8,10H2,1-3H3/t13-/m0/s1. The summed E-state index contributed by atoms with van der Waals surface area (Å²) in [6.07, 6.45) is 0.906. The third kappa shape index (κ3) is 3.67. The van der Waals surface area contributed by atoms with E-state index in [1.807, 2.05) is 31.7 Å². The topological polar surface area (TPSA) is 49.3 Å². The van der Waals surface area contributed by atoms with Gasteiger partial charge in [0.1, 0.15) is 0 Å². The van der Waals surface area contributed by atoms with Crippen molar-refractivity contribution >= 4 is 46.0 Å². The first-order chi connectivity index (χ1) is 11.9. The SMILES string of the molecule is CCN(C(=O)C(C)C)[C@H]1CCN(c2nc3ccc(Cl)cc3nc2Cl)C1. The Morgan fingerprint density at radius 1 is 1.32 bits per heavy atom. The van der Waals surface area contributed by atoms with Crippen LogP contribution in [0.1, 0.15) is 27.2 Å². The van der Waals surface area contributed by atoms with Crippen LogP contribution in [0.15, 0.2) is 18.2 Å². The van der Waals surface area contributed by atoms with E-state index in [-0.39, 0.29) is 17.9 Å². The summed E-state index contributed by atoms with van der Waals surface area (Å²) in [6.45, 7) is 8.14. The maximum Gasteiger partial charge on any atom is 0.225 e. The van der Waals surface area contributed by atoms with Gasteiger partial charge < -0.3 is 9.80 Å². The average molecular weight is 381 g/mol. The first-order valence-electron chi connectivity index (χ1n) is 8.59. The lowest BCUT2D eigenvalue weighted by molar-refractivity contribution is -0.136. The largest absolute Gasteiger partial charge is 0.352 e. The Kier molecular flexibility index (Phi) is 5.35. The molecule has 1 aliphatic heterocycles. The molecule has 25 heavy (non-hydrogen) atoms. The molecular weight excluding hydrogens is 359 g/mol. The molecule has 0 N–H and O–H groups in total. The minimum Gasteiger partial charge on any atom is -0.352 e. The molecule has 0 aliphatic carbocycles. The fraction of sp³-hybridized carbons (Fsp3) is 0.500. The highest BCUT2D eigenvalue weighted by Gasteiger charge is 2.32. The van der Waals surface area contributed by atoms with Gasteiger partial charge in [0.15, 0.2) is 11.0 Å². The number of rotatable bonds is 4. The molecule has 5 nitrogen and oxygen atoms in total. The highest BCUT2D eigenvalue weighted by molar-refractivity contribution is 6.32. The van der Waals surface area contributed by atoms with E-state index in [1.54, 1.807) is 12.1 Å². The van der Waals surface area contributed by atoms with E-state index in [2.05, 4.69) is 14.9 Å². The number of anilines is 1. The van der Waals surface area contributed by atoms with Gasteiger partial charge in [-0.3, -0.25) is 4.79 Å². The molecule has 3 rings (SSSR count). The smallest absolute Gasteiger partial charge is 0.225 e. The number of likely N-dealkylation sites (N-methyl/N-ethyl adjacent to an activating group) is 1. The molecule has 1 aliphatic rings. The molecular formula is C18H22Cl2N4O. The van der Waals surface area contributed by atoms with Crippen LogP contribution in [-0.2, 0) is 4.79 Å². The van der Waals surface area contributed by atoms with Crippen LogP contribution in [0.3, 0.4) is 0 Å². The van der Waals surface area contributed by atoms with Crippen LogP contribution in [-0.4, -0.2) is 46.5 Å². The number of halogens is 2. The van der Waals surface area contributed by atoms with E-state index in [0.29, 0.717) is 28.1 Å². The van der Waals surface area contributed by atoms with Gasteiger partial charge in [0.05, 0.1) is 17.1 Å². The molecule has 1 amide bonds. The van der Waals surface area contributed by atoms with Gasteiger partial charge in [-0.05, 0) is 31.5 Å². The van der Waals surface area contributed by atoms with Crippen molar-refractivity contribution < 1.29 is 4.79 Å². The summed E-state index contributed by atoms with van der Waals surface area (Å²) < 4.78 is 0. The van der Waals surface area contributed by atoms with Crippen LogP contribution in [0.5, 0.6) is 0 Å². The summed E-state index contributed by atoms with van der Waals surface area (Å²) in [7, 11) is 0. The zero-order valence-corrected chi connectivity index (χ0v) is 16.2. The Morgan fingerprint density at radius 3 is 2.76 bits per heavy atom. The summed E-state index contributed by atoms with van der Waals surface area (Å²) in [5.74, 6) is 0.870. The Hall–Kier alpha value is -1.59. The zero-order chi connectivity index (χ0) is 18.1. The second-order valence-corrected chi connectivity index (χ2v) is 7.43. The molecule has 134 valence electrons. The second-order valence-electron chi connectivity index (χ2n) is 6.64. The van der Waals surface area contributed by atoms with Crippen LogP contribution in [0.2, 0.25) is 10.2 Å². The summed E-state index contributed by atoms with van der Waals surface area (Å²) >= 11 is 12.4. The zero-order valence-electron chi connectivity index (χ0n) is 14.7. The first-order valence-corrected chi connectivity index (χ1v) is 9.34. The minimum absolute atomic E-state index is 0.00259. The van der Waals surface area contributed by atoms with Crippen LogP contribution in [0, 0.1) is 5.92 Å². The Balaban J connectivity index is 1.84. The van der Waals surface area contributed by atoms with Gasteiger partial charge in [-0.1, -0.05) is 37.0 Å². The van der Waals surface area contributed by atoms with Crippen molar-refractivity contribution in [1.82, 2.24) is 14.9 Å². The van der Waals surface area contributed by atoms with Gasteiger partial charge >= 0.3 is 0 Å². The average Bonchev–Trinajstić information content (AvgIpc) is 3.04. The number of carbonyl (C=O) groups is 1. The predicted molar refractivity (Wildman–Crippen MR) is 102 cm³/mol. The molecule has 1 aromatic heterocycles. The Bertz CT molecular complexity index is 796. The van der Waals surface area contributed by atoms with Gasteiger partial charge in [0.25, 0.3) is 0 Å². The number of hydrogen-bond acceptors (Lipinski definition) is 4. The fourth-order valence-corrected chi connectivity index (χ4v) is 3.73. The van der Waals surface area contributed by atoms with E-state index in [0.717, 1.165) is 25.0 Å². The molecule has 1 aromatic carbocycles. The lowest BCUT2D eigenvalue weighted by Crippen LogP contribution is -2.43. The molecule has 0 spiro atoms. The molecule has 1 atom stereocenters. The van der Waals surface area contributed by atoms with Crippen molar-refractivity contribution in [3.05, 3.63) is 28.4 Å². The number of benzene rings is 1. The molecule has 1 fully saturated rings. The highest BCUT2D eigenvalue weighted by atomic mass is 35.5. The van der Waals surface area contributed by atoms with Gasteiger partial charge in [-0.25, -0.2) is 9.97 Å². The quantitative estimate of drug-likeness (QED) is 0.803. The van der Waals surface area contributed by atoms with Gasteiger partial charge in [0.2, 0.25) is 5.91 Å². The van der Waals surface area contributed by atoms with Crippen LogP contribution in [0.25, 0.3) is 11.0 Å². The molecule has 0 bridgehead atoms. The van der Waals surface area contributed by atoms with E-state index in [9.17, 15) is 4.79 Å². The highest BCUT2D eigenvalue weighted by Crippen LogP contribution is 2.30. The van der Waals surface area contributed by atoms with Gasteiger partial charge in [-0.15, -0.1) is 0 Å². The van der Waals surface area contributed by atoms with Crippen LogP contribution >= 0.6 is 23.2 Å². The molecule has 0 radical (unpaired) electrons. The third-order valence-corrected chi connectivity index (χ3v) is 5.08. The molecule has 0 unspecified atom stereocenters. The van der Waals surface area contributed by atoms with Crippen molar-refractivity contribution in [2.24, 2.45) is 5.92 Å². The monoisotopic (exact) mass is 380 g/mol. The number of nitrogens with zero attached hydrogens (tertiary/aromatic N) is 4. The van der Waals surface area contributed by atoms with Crippen molar-refractivity contribution in [2.75, 3.05) is 24.5 Å². The van der Waals surface area contributed by atoms with Crippen LogP contribution in [0.4, 0.5) is 5.82 Å². The van der Waals surface area contributed by atoms with E-state index >= 15 is 0 Å². The molecule has 2 aromatic rings. The summed E-state index contributed by atoms with van der Waals surface area (Å²) in [6, 6.07) is 5.58. The Morgan fingerprint density at radius 2 is 2.08 bits per heavy atom. The van der Waals surface area contributed by atoms with E-state index in [1.165, 1.54) is 0 Å². The third-order valence-electron chi connectivity index (χ3n) is 4.59. The van der Waals surface area contributed by atoms with E-state index in [4.69, 9.17) is 23.2 Å². The summed E-state index contributed by atoms with van der Waals surface area (Å²) in [5, 5.41) is 0.978. The minimum atomic E-state index is 0.00259. The fourth-order valence-electron chi connectivity index (χ4n) is 3.31. The molecule has 0 saturated carbocycles. The van der Waals surface area contributed by atoms with Gasteiger partial charge in [0, 0.05) is 30.6 Å². The second kappa shape index (κ2) is 7.34. The Labute approximate surface area is 157 Å². The molecule has 1 saturated heterocycles. The summed E-state index contributed by atoms with van der Waals surface area (Å²) in [5.41, 5.74) is 1.44. The maximum absolute atomic E-state index is 12.4. The number of aromatic nitrogens is 2.